The Labute approximate surface area is 156 Å². The Morgan fingerprint density at radius 3 is 2.89 bits per heavy atom. The normalized spacial score (nSPS) is 10.3. The molecule has 0 aliphatic carbocycles. The summed E-state index contributed by atoms with van der Waals surface area (Å²) >= 11 is 0. The predicted octanol–water partition coefficient (Wildman–Crippen LogP) is 3.54. The number of nitro benzene ring substituents is 1. The predicted molar refractivity (Wildman–Crippen MR) is 103 cm³/mol. The highest BCUT2D eigenvalue weighted by atomic mass is 16.6. The largest absolute Gasteiger partial charge is 0.380 e. The number of nitrogens with zero attached hydrogens (tertiary/aromatic N) is 3. The maximum atomic E-state index is 11.0. The molecule has 0 aliphatic heterocycles. The summed E-state index contributed by atoms with van der Waals surface area (Å²) < 4.78 is 5.18. The SMILES string of the molecule is COCc1ccccc1C#CCCNc1ncnc2ccc([N+](=O)[O-])cc12. The van der Waals surface area contributed by atoms with Gasteiger partial charge >= 0.3 is 0 Å². The van der Waals surface area contributed by atoms with Crippen LogP contribution in [0.25, 0.3) is 10.9 Å². The molecule has 7 heteroatoms. The maximum absolute atomic E-state index is 11.0. The van der Waals surface area contributed by atoms with Crippen LogP contribution in [-0.4, -0.2) is 28.5 Å². The first-order valence-corrected chi connectivity index (χ1v) is 8.38. The quantitative estimate of drug-likeness (QED) is 0.312. The van der Waals surface area contributed by atoms with Crippen molar-refractivity contribution in [2.75, 3.05) is 19.0 Å². The first-order valence-electron chi connectivity index (χ1n) is 8.38. The Morgan fingerprint density at radius 2 is 2.07 bits per heavy atom. The third-order valence-electron chi connectivity index (χ3n) is 3.91. The molecule has 0 saturated carbocycles. The number of hydrogen-bond acceptors (Lipinski definition) is 6. The third-order valence-corrected chi connectivity index (χ3v) is 3.91. The number of methoxy groups -OCH3 is 1. The minimum Gasteiger partial charge on any atom is -0.380 e. The van der Waals surface area contributed by atoms with Gasteiger partial charge < -0.3 is 10.1 Å². The number of ether oxygens (including phenoxy) is 1. The Morgan fingerprint density at radius 1 is 1.22 bits per heavy atom. The molecular formula is C20H18N4O3. The molecule has 0 saturated heterocycles. The van der Waals surface area contributed by atoms with Gasteiger partial charge in [-0.2, -0.15) is 0 Å². The lowest BCUT2D eigenvalue weighted by Gasteiger charge is -2.06. The molecule has 1 heterocycles. The van der Waals surface area contributed by atoms with Crippen molar-refractivity contribution >= 4 is 22.4 Å². The number of rotatable bonds is 6. The van der Waals surface area contributed by atoms with Gasteiger partial charge in [0.25, 0.3) is 5.69 Å². The summed E-state index contributed by atoms with van der Waals surface area (Å²) in [4.78, 5) is 18.9. The number of benzene rings is 2. The first-order chi connectivity index (χ1) is 13.2. The van der Waals surface area contributed by atoms with Gasteiger partial charge in [-0.05, 0) is 17.7 Å². The van der Waals surface area contributed by atoms with Crippen LogP contribution in [-0.2, 0) is 11.3 Å². The Kier molecular flexibility index (Phi) is 5.92. The molecule has 0 fully saturated rings. The van der Waals surface area contributed by atoms with Crippen LogP contribution >= 0.6 is 0 Å². The van der Waals surface area contributed by atoms with Gasteiger partial charge in [-0.15, -0.1) is 0 Å². The Bertz CT molecular complexity index is 1020. The fourth-order valence-corrected chi connectivity index (χ4v) is 2.62. The average Bonchev–Trinajstić information content (AvgIpc) is 2.69. The second-order valence-corrected chi connectivity index (χ2v) is 5.75. The molecule has 0 bridgehead atoms. The van der Waals surface area contributed by atoms with Gasteiger partial charge in [-0.1, -0.05) is 30.0 Å². The molecule has 1 aromatic heterocycles. The average molecular weight is 362 g/mol. The molecule has 0 amide bonds. The number of aromatic nitrogens is 2. The highest BCUT2D eigenvalue weighted by Gasteiger charge is 2.10. The van der Waals surface area contributed by atoms with E-state index in [4.69, 9.17) is 4.74 Å². The monoisotopic (exact) mass is 362 g/mol. The smallest absolute Gasteiger partial charge is 0.270 e. The van der Waals surface area contributed by atoms with E-state index in [1.165, 1.54) is 18.5 Å². The highest BCUT2D eigenvalue weighted by Crippen LogP contribution is 2.24. The van der Waals surface area contributed by atoms with Gasteiger partial charge in [0.15, 0.2) is 0 Å². The van der Waals surface area contributed by atoms with E-state index < -0.39 is 4.92 Å². The van der Waals surface area contributed by atoms with Crippen LogP contribution in [0.15, 0.2) is 48.8 Å². The lowest BCUT2D eigenvalue weighted by atomic mass is 10.1. The molecule has 0 radical (unpaired) electrons. The summed E-state index contributed by atoms with van der Waals surface area (Å²) in [7, 11) is 1.66. The first kappa shape index (κ1) is 18.3. The molecule has 7 nitrogen and oxygen atoms in total. The van der Waals surface area contributed by atoms with Gasteiger partial charge in [0.2, 0.25) is 0 Å². The fraction of sp³-hybridized carbons (Fsp3) is 0.200. The van der Waals surface area contributed by atoms with Crippen molar-refractivity contribution in [3.8, 4) is 11.8 Å². The molecule has 1 N–H and O–H groups in total. The van der Waals surface area contributed by atoms with Crippen molar-refractivity contribution in [2.45, 2.75) is 13.0 Å². The van der Waals surface area contributed by atoms with E-state index in [9.17, 15) is 10.1 Å². The van der Waals surface area contributed by atoms with E-state index in [0.29, 0.717) is 36.3 Å². The fourth-order valence-electron chi connectivity index (χ4n) is 2.62. The zero-order valence-corrected chi connectivity index (χ0v) is 14.8. The molecule has 3 rings (SSSR count). The van der Waals surface area contributed by atoms with Crippen LogP contribution in [0.2, 0.25) is 0 Å². The number of fused-ring (bicyclic) bond motifs is 1. The number of nitro groups is 1. The topological polar surface area (TPSA) is 90.2 Å². The number of anilines is 1. The third kappa shape index (κ3) is 4.57. The van der Waals surface area contributed by atoms with Crippen molar-refractivity contribution < 1.29 is 9.66 Å². The van der Waals surface area contributed by atoms with Crippen molar-refractivity contribution in [1.82, 2.24) is 9.97 Å². The van der Waals surface area contributed by atoms with E-state index in [-0.39, 0.29) is 5.69 Å². The number of non-ortho nitro benzene ring substituents is 1. The van der Waals surface area contributed by atoms with Crippen LogP contribution in [0.1, 0.15) is 17.5 Å². The second kappa shape index (κ2) is 8.74. The Balaban J connectivity index is 1.68. The van der Waals surface area contributed by atoms with Crippen LogP contribution in [0.4, 0.5) is 11.5 Å². The maximum Gasteiger partial charge on any atom is 0.270 e. The van der Waals surface area contributed by atoms with Crippen molar-refractivity contribution in [3.63, 3.8) is 0 Å². The van der Waals surface area contributed by atoms with Crippen molar-refractivity contribution in [1.29, 1.82) is 0 Å². The van der Waals surface area contributed by atoms with Gasteiger partial charge in [0.1, 0.15) is 12.1 Å². The Hall–Kier alpha value is -3.50. The lowest BCUT2D eigenvalue weighted by molar-refractivity contribution is -0.384. The standard InChI is InChI=1S/C20H18N4O3/c1-27-13-16-8-3-2-6-15(16)7-4-5-11-21-20-18-12-17(24(25)26)9-10-19(18)22-14-23-20/h2-3,6,8-10,12,14H,5,11,13H2,1H3,(H,21,22,23). The van der Waals surface area contributed by atoms with E-state index in [0.717, 1.165) is 11.1 Å². The summed E-state index contributed by atoms with van der Waals surface area (Å²) in [6, 6.07) is 12.4. The number of hydrogen-bond donors (Lipinski definition) is 1. The molecular weight excluding hydrogens is 344 g/mol. The van der Waals surface area contributed by atoms with E-state index in [1.807, 2.05) is 24.3 Å². The van der Waals surface area contributed by atoms with Gasteiger partial charge in [0.05, 0.1) is 17.0 Å². The zero-order chi connectivity index (χ0) is 19.1. The summed E-state index contributed by atoms with van der Waals surface area (Å²) in [5, 5.41) is 14.8. The van der Waals surface area contributed by atoms with E-state index in [1.54, 1.807) is 13.2 Å². The number of nitrogens with one attached hydrogen (secondary N) is 1. The minimum atomic E-state index is -0.431. The van der Waals surface area contributed by atoms with Gasteiger partial charge in [-0.3, -0.25) is 10.1 Å². The molecule has 2 aromatic carbocycles. The highest BCUT2D eigenvalue weighted by molar-refractivity contribution is 5.90. The van der Waals surface area contributed by atoms with Crippen LogP contribution in [0, 0.1) is 22.0 Å². The van der Waals surface area contributed by atoms with E-state index >= 15 is 0 Å². The summed E-state index contributed by atoms with van der Waals surface area (Å²) in [6.45, 7) is 1.09. The van der Waals surface area contributed by atoms with Crippen LogP contribution in [0.5, 0.6) is 0 Å². The summed E-state index contributed by atoms with van der Waals surface area (Å²) in [5.74, 6) is 6.84. The minimum absolute atomic E-state index is 0.00916. The van der Waals surface area contributed by atoms with Crippen molar-refractivity contribution in [3.05, 3.63) is 70.0 Å². The lowest BCUT2D eigenvalue weighted by Crippen LogP contribution is -2.04. The molecule has 136 valence electrons. The zero-order valence-electron chi connectivity index (χ0n) is 14.8. The molecule has 3 aromatic rings. The molecule has 0 atom stereocenters. The molecule has 0 spiro atoms. The van der Waals surface area contributed by atoms with Gasteiger partial charge in [0, 0.05) is 43.2 Å². The molecule has 27 heavy (non-hydrogen) atoms. The van der Waals surface area contributed by atoms with Gasteiger partial charge in [-0.25, -0.2) is 9.97 Å². The molecule has 0 aliphatic rings. The molecule has 0 unspecified atom stereocenters. The van der Waals surface area contributed by atoms with Crippen LogP contribution in [0.3, 0.4) is 0 Å². The van der Waals surface area contributed by atoms with Crippen molar-refractivity contribution in [2.24, 2.45) is 0 Å². The summed E-state index contributed by atoms with van der Waals surface area (Å²) in [5.41, 5.74) is 2.66. The van der Waals surface area contributed by atoms with E-state index in [2.05, 4.69) is 27.1 Å². The van der Waals surface area contributed by atoms with Crippen LogP contribution < -0.4 is 5.32 Å². The second-order valence-electron chi connectivity index (χ2n) is 5.75. The summed E-state index contributed by atoms with van der Waals surface area (Å²) in [6.07, 6.45) is 2.03.